The van der Waals surface area contributed by atoms with Crippen LogP contribution in [0.4, 0.5) is 10.1 Å². The monoisotopic (exact) mass is 263 g/mol. The summed E-state index contributed by atoms with van der Waals surface area (Å²) in [7, 11) is 0. The number of halogens is 2. The molecule has 94 valence electrons. The predicted molar refractivity (Wildman–Crippen MR) is 74.6 cm³/mol. The van der Waals surface area contributed by atoms with Crippen LogP contribution in [0.25, 0.3) is 0 Å². The molecule has 18 heavy (non-hydrogen) atoms. The zero-order chi connectivity index (χ0) is 13.0. The largest absolute Gasteiger partial charge is 0.381 e. The molecule has 1 N–H and O–H groups in total. The third-order valence-corrected chi connectivity index (χ3v) is 3.20. The Hall–Kier alpha value is -1.54. The second-order valence-electron chi connectivity index (χ2n) is 4.14. The molecule has 0 unspecified atom stereocenters. The fraction of sp³-hybridized carbons (Fsp3) is 0.200. The third-order valence-electron chi connectivity index (χ3n) is 2.85. The molecule has 2 aromatic rings. The normalized spacial score (nSPS) is 10.4. The van der Waals surface area contributed by atoms with Gasteiger partial charge in [0.05, 0.1) is 0 Å². The number of aryl methyl sites for hydroxylation is 1. The smallest absolute Gasteiger partial charge is 0.123 e. The first-order valence-electron chi connectivity index (χ1n) is 5.96. The van der Waals surface area contributed by atoms with Gasteiger partial charge in [0, 0.05) is 17.3 Å². The maximum Gasteiger partial charge on any atom is 0.123 e. The van der Waals surface area contributed by atoms with Crippen molar-refractivity contribution in [1.29, 1.82) is 0 Å². The Morgan fingerprint density at radius 3 is 2.44 bits per heavy atom. The molecule has 0 spiro atoms. The maximum atomic E-state index is 12.7. The molecule has 0 atom stereocenters. The van der Waals surface area contributed by atoms with Gasteiger partial charge in [-0.25, -0.2) is 4.39 Å². The third kappa shape index (κ3) is 3.23. The Balaban J connectivity index is 2.04. The fourth-order valence-electron chi connectivity index (χ4n) is 1.72. The fourth-order valence-corrected chi connectivity index (χ4v) is 1.99. The van der Waals surface area contributed by atoms with Crippen LogP contribution < -0.4 is 5.32 Å². The summed E-state index contributed by atoms with van der Waals surface area (Å²) in [6.45, 7) is 2.73. The van der Waals surface area contributed by atoms with E-state index < -0.39 is 0 Å². The minimum Gasteiger partial charge on any atom is -0.381 e. The molecule has 3 heteroatoms. The van der Waals surface area contributed by atoms with Gasteiger partial charge in [-0.05, 0) is 47.9 Å². The summed E-state index contributed by atoms with van der Waals surface area (Å²) in [5, 5.41) is 3.98. The zero-order valence-electron chi connectivity index (χ0n) is 10.2. The van der Waals surface area contributed by atoms with Crippen molar-refractivity contribution in [1.82, 2.24) is 0 Å². The number of anilines is 1. The molecule has 2 aromatic carbocycles. The summed E-state index contributed by atoms with van der Waals surface area (Å²) >= 11 is 6.20. The lowest BCUT2D eigenvalue weighted by Crippen LogP contribution is -2.00. The Bertz CT molecular complexity index is 523. The number of rotatable bonds is 4. The number of hydrogen-bond acceptors (Lipinski definition) is 1. The molecule has 0 saturated carbocycles. The zero-order valence-corrected chi connectivity index (χ0v) is 11.0. The van der Waals surface area contributed by atoms with Crippen LogP contribution in [0, 0.1) is 5.82 Å². The molecule has 0 aliphatic carbocycles. The van der Waals surface area contributed by atoms with Gasteiger partial charge in [-0.1, -0.05) is 30.7 Å². The molecular weight excluding hydrogens is 249 g/mol. The number of nitrogens with one attached hydrogen (secondary N) is 1. The Morgan fingerprint density at radius 1 is 1.11 bits per heavy atom. The summed E-state index contributed by atoms with van der Waals surface area (Å²) in [4.78, 5) is 0. The summed E-state index contributed by atoms with van der Waals surface area (Å²) in [5.74, 6) is -0.231. The molecule has 0 saturated heterocycles. The van der Waals surface area contributed by atoms with Gasteiger partial charge in [0.1, 0.15) is 5.82 Å². The van der Waals surface area contributed by atoms with Crippen molar-refractivity contribution < 1.29 is 4.39 Å². The van der Waals surface area contributed by atoms with Crippen molar-refractivity contribution >= 4 is 17.3 Å². The lowest BCUT2D eigenvalue weighted by Gasteiger charge is -2.09. The molecule has 0 heterocycles. The first kappa shape index (κ1) is 12.9. The van der Waals surface area contributed by atoms with Gasteiger partial charge in [-0.15, -0.1) is 0 Å². The van der Waals surface area contributed by atoms with Gasteiger partial charge < -0.3 is 5.32 Å². The van der Waals surface area contributed by atoms with E-state index in [9.17, 15) is 4.39 Å². The average molecular weight is 264 g/mol. The van der Waals surface area contributed by atoms with Crippen LogP contribution >= 0.6 is 11.6 Å². The van der Waals surface area contributed by atoms with Gasteiger partial charge in [0.15, 0.2) is 0 Å². The topological polar surface area (TPSA) is 12.0 Å². The van der Waals surface area contributed by atoms with E-state index in [4.69, 9.17) is 11.6 Å². The van der Waals surface area contributed by atoms with Crippen LogP contribution in [-0.4, -0.2) is 0 Å². The average Bonchev–Trinajstić information content (AvgIpc) is 2.39. The van der Waals surface area contributed by atoms with E-state index in [1.165, 1.54) is 17.7 Å². The van der Waals surface area contributed by atoms with Crippen molar-refractivity contribution in [3.63, 3.8) is 0 Å². The highest BCUT2D eigenvalue weighted by molar-refractivity contribution is 6.31. The van der Waals surface area contributed by atoms with Gasteiger partial charge in [0.2, 0.25) is 0 Å². The molecule has 1 nitrogen and oxygen atoms in total. The van der Waals surface area contributed by atoms with Crippen molar-refractivity contribution in [2.24, 2.45) is 0 Å². The predicted octanol–water partition coefficient (Wildman–Crippen LogP) is 4.65. The minimum atomic E-state index is -0.231. The lowest BCUT2D eigenvalue weighted by atomic mass is 10.1. The van der Waals surface area contributed by atoms with E-state index >= 15 is 0 Å². The van der Waals surface area contributed by atoms with Crippen LogP contribution in [0.1, 0.15) is 18.1 Å². The van der Waals surface area contributed by atoms with Crippen molar-refractivity contribution in [2.75, 3.05) is 5.32 Å². The van der Waals surface area contributed by atoms with E-state index in [1.54, 1.807) is 12.1 Å². The second-order valence-corrected chi connectivity index (χ2v) is 4.55. The molecule has 0 aromatic heterocycles. The summed E-state index contributed by atoms with van der Waals surface area (Å²) < 4.78 is 12.7. The Labute approximate surface area is 112 Å². The highest BCUT2D eigenvalue weighted by Crippen LogP contribution is 2.20. The molecule has 0 fully saturated rings. The Morgan fingerprint density at radius 2 is 1.83 bits per heavy atom. The van der Waals surface area contributed by atoms with E-state index in [0.717, 1.165) is 22.7 Å². The molecule has 0 radical (unpaired) electrons. The van der Waals surface area contributed by atoms with Crippen molar-refractivity contribution in [2.45, 2.75) is 19.9 Å². The van der Waals surface area contributed by atoms with Crippen LogP contribution in [0.5, 0.6) is 0 Å². The minimum absolute atomic E-state index is 0.231. The highest BCUT2D eigenvalue weighted by Gasteiger charge is 2.01. The summed E-state index contributed by atoms with van der Waals surface area (Å²) in [6.07, 6.45) is 0.978. The van der Waals surface area contributed by atoms with E-state index in [-0.39, 0.29) is 5.82 Å². The van der Waals surface area contributed by atoms with E-state index in [0.29, 0.717) is 6.54 Å². The molecule has 2 rings (SSSR count). The first-order chi connectivity index (χ1) is 8.69. The number of hydrogen-bond donors (Lipinski definition) is 1. The van der Waals surface area contributed by atoms with Gasteiger partial charge in [-0.3, -0.25) is 0 Å². The summed E-state index contributed by atoms with van der Waals surface area (Å²) in [6, 6.07) is 12.4. The van der Waals surface area contributed by atoms with Crippen molar-refractivity contribution in [3.8, 4) is 0 Å². The standard InChI is InChI=1S/C15H15ClFN/c1-2-11-3-4-12(15(16)9-11)10-18-14-7-5-13(17)6-8-14/h3-9,18H,2,10H2,1H3. The highest BCUT2D eigenvalue weighted by atomic mass is 35.5. The SMILES string of the molecule is CCc1ccc(CNc2ccc(F)cc2)c(Cl)c1. The van der Waals surface area contributed by atoms with E-state index in [2.05, 4.69) is 18.3 Å². The quantitative estimate of drug-likeness (QED) is 0.846. The van der Waals surface area contributed by atoms with Crippen LogP contribution in [0.3, 0.4) is 0 Å². The molecule has 0 aliphatic rings. The van der Waals surface area contributed by atoms with Crippen LogP contribution in [-0.2, 0) is 13.0 Å². The maximum absolute atomic E-state index is 12.7. The number of benzene rings is 2. The second kappa shape index (κ2) is 5.87. The molecule has 0 aliphatic heterocycles. The lowest BCUT2D eigenvalue weighted by molar-refractivity contribution is 0.628. The van der Waals surface area contributed by atoms with Crippen LogP contribution in [0.15, 0.2) is 42.5 Å². The van der Waals surface area contributed by atoms with Crippen molar-refractivity contribution in [3.05, 3.63) is 64.4 Å². The van der Waals surface area contributed by atoms with Gasteiger partial charge in [0.25, 0.3) is 0 Å². The summed E-state index contributed by atoms with van der Waals surface area (Å²) in [5.41, 5.74) is 3.15. The Kier molecular flexibility index (Phi) is 4.21. The van der Waals surface area contributed by atoms with Gasteiger partial charge in [-0.2, -0.15) is 0 Å². The van der Waals surface area contributed by atoms with Crippen LogP contribution in [0.2, 0.25) is 5.02 Å². The molecular formula is C15H15ClFN. The molecule has 0 bridgehead atoms. The van der Waals surface area contributed by atoms with Gasteiger partial charge >= 0.3 is 0 Å². The molecule has 0 amide bonds. The van der Waals surface area contributed by atoms with E-state index in [1.807, 2.05) is 12.1 Å². The first-order valence-corrected chi connectivity index (χ1v) is 6.33.